The highest BCUT2D eigenvalue weighted by atomic mass is 32.1. The number of rotatable bonds is 4. The van der Waals surface area contributed by atoms with Gasteiger partial charge in [-0.05, 0) is 44.7 Å². The van der Waals surface area contributed by atoms with Gasteiger partial charge in [-0.2, -0.15) is 0 Å². The van der Waals surface area contributed by atoms with Crippen LogP contribution in [0.5, 0.6) is 0 Å². The van der Waals surface area contributed by atoms with Gasteiger partial charge < -0.3 is 10.2 Å². The van der Waals surface area contributed by atoms with Crippen LogP contribution in [0.25, 0.3) is 10.2 Å². The maximum Gasteiger partial charge on any atom is 0.223 e. The zero-order valence-electron chi connectivity index (χ0n) is 16.6. The summed E-state index contributed by atoms with van der Waals surface area (Å²) in [5.41, 5.74) is 2.41. The van der Waals surface area contributed by atoms with Crippen LogP contribution in [0.1, 0.15) is 41.8 Å². The molecular formula is C22H26N4OS. The van der Waals surface area contributed by atoms with Gasteiger partial charge in [0.2, 0.25) is 5.91 Å². The van der Waals surface area contributed by atoms with E-state index in [4.69, 9.17) is 0 Å². The molecule has 3 heterocycles. The summed E-state index contributed by atoms with van der Waals surface area (Å²) in [6, 6.07) is 10.2. The number of aryl methyl sites for hydroxylation is 2. The molecule has 0 spiro atoms. The number of hydrogen-bond acceptors (Lipinski definition) is 5. The van der Waals surface area contributed by atoms with Crippen molar-refractivity contribution in [2.75, 3.05) is 18.0 Å². The first-order chi connectivity index (χ1) is 13.5. The average molecular weight is 395 g/mol. The number of nitrogens with zero attached hydrogens (tertiary/aromatic N) is 3. The molecule has 1 fully saturated rings. The second kappa shape index (κ2) is 7.87. The minimum absolute atomic E-state index is 0.0321. The molecule has 3 aromatic rings. The van der Waals surface area contributed by atoms with Gasteiger partial charge in [-0.3, -0.25) is 4.79 Å². The summed E-state index contributed by atoms with van der Waals surface area (Å²) in [7, 11) is 0. The molecule has 6 heteroatoms. The van der Waals surface area contributed by atoms with Crippen LogP contribution in [0.15, 0.2) is 36.7 Å². The van der Waals surface area contributed by atoms with E-state index < -0.39 is 0 Å². The van der Waals surface area contributed by atoms with Crippen molar-refractivity contribution in [3.05, 3.63) is 52.7 Å². The molecule has 1 unspecified atom stereocenters. The first-order valence-electron chi connectivity index (χ1n) is 9.85. The Hall–Kier alpha value is -2.47. The molecule has 1 N–H and O–H groups in total. The fourth-order valence-electron chi connectivity index (χ4n) is 3.91. The molecule has 2 aromatic heterocycles. The first kappa shape index (κ1) is 18.9. The molecule has 0 aliphatic carbocycles. The third kappa shape index (κ3) is 3.61. The molecule has 0 bridgehead atoms. The van der Waals surface area contributed by atoms with E-state index in [2.05, 4.69) is 46.2 Å². The maximum atomic E-state index is 12.7. The van der Waals surface area contributed by atoms with Gasteiger partial charge in [0.15, 0.2) is 0 Å². The van der Waals surface area contributed by atoms with Gasteiger partial charge >= 0.3 is 0 Å². The summed E-state index contributed by atoms with van der Waals surface area (Å²) in [4.78, 5) is 26.4. The molecule has 1 aliphatic rings. The minimum Gasteiger partial charge on any atom is -0.356 e. The monoisotopic (exact) mass is 394 g/mol. The fraction of sp³-hybridized carbons (Fsp3) is 0.409. The summed E-state index contributed by atoms with van der Waals surface area (Å²) < 4.78 is 0. The van der Waals surface area contributed by atoms with Crippen LogP contribution in [0.4, 0.5) is 5.82 Å². The number of fused-ring (bicyclic) bond motifs is 1. The lowest BCUT2D eigenvalue weighted by Gasteiger charge is -2.33. The molecule has 1 saturated heterocycles. The van der Waals surface area contributed by atoms with Crippen molar-refractivity contribution >= 4 is 33.3 Å². The van der Waals surface area contributed by atoms with Crippen LogP contribution in [0.2, 0.25) is 0 Å². The third-order valence-electron chi connectivity index (χ3n) is 5.77. The average Bonchev–Trinajstić information content (AvgIpc) is 3.02. The summed E-state index contributed by atoms with van der Waals surface area (Å²) in [5.74, 6) is 1.24. The van der Waals surface area contributed by atoms with E-state index in [1.165, 1.54) is 15.8 Å². The van der Waals surface area contributed by atoms with E-state index in [1.54, 1.807) is 17.7 Å². The number of nitrogens with one attached hydrogen (secondary N) is 1. The Kier molecular flexibility index (Phi) is 5.31. The van der Waals surface area contributed by atoms with Gasteiger partial charge in [0.05, 0.1) is 11.4 Å². The predicted octanol–water partition coefficient (Wildman–Crippen LogP) is 4.40. The third-order valence-corrected chi connectivity index (χ3v) is 6.88. The first-order valence-corrected chi connectivity index (χ1v) is 10.7. The highest BCUT2D eigenvalue weighted by molar-refractivity contribution is 7.18. The highest BCUT2D eigenvalue weighted by Crippen LogP contribution is 2.35. The second-order valence-electron chi connectivity index (χ2n) is 7.56. The molecular weight excluding hydrogens is 368 g/mol. The SMILES string of the molecule is Cc1sc2ncnc(N3CCC(C(=O)NC(C)c4ccccc4)CC3)c2c1C. The van der Waals surface area contributed by atoms with Crippen LogP contribution in [-0.4, -0.2) is 29.0 Å². The number of carbonyl (C=O) groups is 1. The number of hydrogen-bond donors (Lipinski definition) is 1. The number of piperidine rings is 1. The van der Waals surface area contributed by atoms with Gasteiger partial charge in [0, 0.05) is 23.9 Å². The number of aromatic nitrogens is 2. The van der Waals surface area contributed by atoms with E-state index >= 15 is 0 Å². The second-order valence-corrected chi connectivity index (χ2v) is 8.77. The summed E-state index contributed by atoms with van der Waals surface area (Å²) in [5, 5.41) is 4.35. The van der Waals surface area contributed by atoms with Crippen LogP contribution < -0.4 is 10.2 Å². The molecule has 28 heavy (non-hydrogen) atoms. The molecule has 1 amide bonds. The van der Waals surface area contributed by atoms with Crippen LogP contribution in [0, 0.1) is 19.8 Å². The normalized spacial score (nSPS) is 16.3. The Balaban J connectivity index is 1.42. The largest absolute Gasteiger partial charge is 0.356 e. The Bertz CT molecular complexity index is 977. The minimum atomic E-state index is 0.0321. The molecule has 0 saturated carbocycles. The van der Waals surface area contributed by atoms with Crippen LogP contribution in [0.3, 0.4) is 0 Å². The Labute approximate surface area is 169 Å². The number of benzene rings is 1. The van der Waals surface area contributed by atoms with Crippen molar-refractivity contribution in [3.8, 4) is 0 Å². The van der Waals surface area contributed by atoms with Gasteiger partial charge in [0.1, 0.15) is 17.0 Å². The Morgan fingerprint density at radius 1 is 1.18 bits per heavy atom. The smallest absolute Gasteiger partial charge is 0.223 e. The molecule has 1 aliphatic heterocycles. The van der Waals surface area contributed by atoms with E-state index in [-0.39, 0.29) is 17.9 Å². The molecule has 1 aromatic carbocycles. The zero-order valence-corrected chi connectivity index (χ0v) is 17.4. The summed E-state index contributed by atoms with van der Waals surface area (Å²) in [6.45, 7) is 8.01. The molecule has 146 valence electrons. The van der Waals surface area contributed by atoms with E-state index in [1.807, 2.05) is 25.1 Å². The quantitative estimate of drug-likeness (QED) is 0.712. The van der Waals surface area contributed by atoms with Gasteiger partial charge in [0.25, 0.3) is 0 Å². The van der Waals surface area contributed by atoms with Crippen molar-refractivity contribution in [2.45, 2.75) is 39.7 Å². The summed E-state index contributed by atoms with van der Waals surface area (Å²) in [6.07, 6.45) is 3.36. The maximum absolute atomic E-state index is 12.7. The van der Waals surface area contributed by atoms with Crippen molar-refractivity contribution in [2.24, 2.45) is 5.92 Å². The van der Waals surface area contributed by atoms with Crippen molar-refractivity contribution in [1.82, 2.24) is 15.3 Å². The lowest BCUT2D eigenvalue weighted by atomic mass is 9.95. The van der Waals surface area contributed by atoms with Crippen molar-refractivity contribution in [1.29, 1.82) is 0 Å². The standard InChI is InChI=1S/C22H26N4OS/c1-14-16(3)28-22-19(14)20(23-13-24-22)26-11-9-18(10-12-26)21(27)25-15(2)17-7-5-4-6-8-17/h4-8,13,15,18H,9-12H2,1-3H3,(H,25,27). The van der Waals surface area contributed by atoms with Gasteiger partial charge in [-0.25, -0.2) is 9.97 Å². The van der Waals surface area contributed by atoms with E-state index in [9.17, 15) is 4.79 Å². The predicted molar refractivity (Wildman–Crippen MR) is 115 cm³/mol. The topological polar surface area (TPSA) is 58.1 Å². The number of amides is 1. The van der Waals surface area contributed by atoms with E-state index in [0.29, 0.717) is 0 Å². The lowest BCUT2D eigenvalue weighted by Crippen LogP contribution is -2.41. The van der Waals surface area contributed by atoms with Crippen LogP contribution >= 0.6 is 11.3 Å². The van der Waals surface area contributed by atoms with Gasteiger partial charge in [-0.15, -0.1) is 11.3 Å². The molecule has 4 rings (SSSR count). The van der Waals surface area contributed by atoms with Crippen molar-refractivity contribution in [3.63, 3.8) is 0 Å². The zero-order chi connectivity index (χ0) is 19.7. The Morgan fingerprint density at radius 3 is 2.61 bits per heavy atom. The molecule has 0 radical (unpaired) electrons. The fourth-order valence-corrected chi connectivity index (χ4v) is 4.90. The molecule has 5 nitrogen and oxygen atoms in total. The van der Waals surface area contributed by atoms with Gasteiger partial charge in [-0.1, -0.05) is 30.3 Å². The van der Waals surface area contributed by atoms with E-state index in [0.717, 1.165) is 42.1 Å². The number of thiophene rings is 1. The summed E-state index contributed by atoms with van der Waals surface area (Å²) >= 11 is 1.73. The van der Waals surface area contributed by atoms with Crippen molar-refractivity contribution < 1.29 is 4.79 Å². The molecule has 1 atom stereocenters. The highest BCUT2D eigenvalue weighted by Gasteiger charge is 2.28. The lowest BCUT2D eigenvalue weighted by molar-refractivity contribution is -0.126. The number of anilines is 1. The van der Waals surface area contributed by atoms with Crippen LogP contribution in [-0.2, 0) is 4.79 Å². The number of carbonyl (C=O) groups excluding carboxylic acids is 1. The Morgan fingerprint density at radius 2 is 1.89 bits per heavy atom.